The molecule has 0 aliphatic carbocycles. The monoisotopic (exact) mass is 419 g/mol. The van der Waals surface area contributed by atoms with Gasteiger partial charge in [0.05, 0.1) is 15.4 Å². The summed E-state index contributed by atoms with van der Waals surface area (Å²) in [7, 11) is 0. The van der Waals surface area contributed by atoms with Crippen molar-refractivity contribution in [2.24, 2.45) is 0 Å². The molecule has 0 atom stereocenters. The molecular weight excluding hydrogens is 410 g/mol. The van der Waals surface area contributed by atoms with Crippen LogP contribution in [-0.2, 0) is 0 Å². The largest absolute Gasteiger partial charge is 0.478 e. The number of aromatic carboxylic acids is 1. The van der Waals surface area contributed by atoms with E-state index in [-0.39, 0.29) is 11.5 Å². The van der Waals surface area contributed by atoms with Gasteiger partial charge in [-0.3, -0.25) is 4.79 Å². The summed E-state index contributed by atoms with van der Waals surface area (Å²) in [6.45, 7) is 0. The van der Waals surface area contributed by atoms with Crippen molar-refractivity contribution in [2.45, 2.75) is 0 Å². The molecule has 0 radical (unpaired) electrons. The Balaban J connectivity index is 1.68. The van der Waals surface area contributed by atoms with Crippen LogP contribution >= 0.6 is 45.6 Å². The zero-order valence-electron chi connectivity index (χ0n) is 13.0. The van der Waals surface area contributed by atoms with Crippen LogP contribution in [0.5, 0.6) is 0 Å². The van der Waals surface area contributed by atoms with E-state index in [4.69, 9.17) is 11.6 Å². The highest BCUT2D eigenvalue weighted by molar-refractivity contribution is 7.28. The third-order valence-electron chi connectivity index (χ3n) is 3.72. The Morgan fingerprint density at radius 2 is 1.81 bits per heavy atom. The molecule has 0 spiro atoms. The van der Waals surface area contributed by atoms with Crippen molar-refractivity contribution in [3.63, 3.8) is 0 Å². The van der Waals surface area contributed by atoms with Gasteiger partial charge in [0.2, 0.25) is 0 Å². The molecule has 0 bridgehead atoms. The van der Waals surface area contributed by atoms with Crippen molar-refractivity contribution in [1.29, 1.82) is 0 Å². The minimum atomic E-state index is -1.08. The summed E-state index contributed by atoms with van der Waals surface area (Å²) in [4.78, 5) is 25.5. The van der Waals surface area contributed by atoms with Gasteiger partial charge >= 0.3 is 5.97 Å². The number of hydrogen-bond acceptors (Lipinski definition) is 5. The zero-order valence-corrected chi connectivity index (χ0v) is 16.2. The van der Waals surface area contributed by atoms with Crippen molar-refractivity contribution >= 4 is 72.6 Å². The van der Waals surface area contributed by atoms with Gasteiger partial charge in [-0.05, 0) is 35.2 Å². The van der Waals surface area contributed by atoms with Crippen LogP contribution in [0.1, 0.15) is 20.0 Å². The highest BCUT2D eigenvalue weighted by Crippen LogP contribution is 2.37. The van der Waals surface area contributed by atoms with Crippen LogP contribution in [0.25, 0.3) is 19.8 Å². The third kappa shape index (κ3) is 3.14. The lowest BCUT2D eigenvalue weighted by Crippen LogP contribution is -2.12. The summed E-state index contributed by atoms with van der Waals surface area (Å²) < 4.78 is 2.09. The number of benzene rings is 1. The number of hydrogen-bond donors (Lipinski definition) is 2. The predicted octanol–water partition coefficient (Wildman–Crippen LogP) is 6.30. The van der Waals surface area contributed by atoms with Crippen molar-refractivity contribution in [1.82, 2.24) is 0 Å². The predicted molar refractivity (Wildman–Crippen MR) is 109 cm³/mol. The molecule has 3 heterocycles. The number of carbonyl (C=O) groups excluding carboxylic acids is 1. The summed E-state index contributed by atoms with van der Waals surface area (Å²) >= 11 is 10.1. The maximum Gasteiger partial charge on any atom is 0.339 e. The molecule has 0 fully saturated rings. The van der Waals surface area contributed by atoms with E-state index in [1.807, 2.05) is 17.5 Å². The third-order valence-corrected chi connectivity index (χ3v) is 7.10. The first-order chi connectivity index (χ1) is 12.5. The number of rotatable bonds is 4. The fourth-order valence-corrected chi connectivity index (χ4v) is 5.67. The van der Waals surface area contributed by atoms with Crippen LogP contribution in [0.4, 0.5) is 5.69 Å². The molecule has 1 amide bonds. The fourth-order valence-electron chi connectivity index (χ4n) is 2.54. The first-order valence-corrected chi connectivity index (χ1v) is 10.4. The summed E-state index contributed by atoms with van der Waals surface area (Å²) in [5.74, 6) is -1.39. The zero-order chi connectivity index (χ0) is 18.3. The summed E-state index contributed by atoms with van der Waals surface area (Å²) in [6.07, 6.45) is 0. The van der Waals surface area contributed by atoms with Crippen molar-refractivity contribution in [3.8, 4) is 10.4 Å². The second-order valence-electron chi connectivity index (χ2n) is 5.38. The van der Waals surface area contributed by atoms with E-state index in [1.165, 1.54) is 22.7 Å². The molecule has 4 nitrogen and oxygen atoms in total. The molecule has 130 valence electrons. The normalized spacial score (nSPS) is 11.0. The van der Waals surface area contributed by atoms with Gasteiger partial charge in [0.25, 0.3) is 5.91 Å². The van der Waals surface area contributed by atoms with Gasteiger partial charge in [0.15, 0.2) is 0 Å². The van der Waals surface area contributed by atoms with E-state index in [0.717, 1.165) is 15.0 Å². The number of nitrogens with one attached hydrogen (secondary N) is 1. The van der Waals surface area contributed by atoms with E-state index in [1.54, 1.807) is 41.0 Å². The Morgan fingerprint density at radius 3 is 2.50 bits per heavy atom. The first kappa shape index (κ1) is 17.2. The fraction of sp³-hybridized carbons (Fsp3) is 0. The van der Waals surface area contributed by atoms with Gasteiger partial charge in [0.1, 0.15) is 5.56 Å². The van der Waals surface area contributed by atoms with E-state index in [0.29, 0.717) is 20.5 Å². The summed E-state index contributed by atoms with van der Waals surface area (Å²) in [6, 6.07) is 10.7. The molecule has 2 N–H and O–H groups in total. The van der Waals surface area contributed by atoms with Crippen LogP contribution in [0.3, 0.4) is 0 Å². The standard InChI is InChI=1S/C18H10ClNO3S3/c19-10-3-1-9(2-4-10)16-15(18(22)23)11(8-25-16)20-17(21)14-7-13-12(26-14)5-6-24-13/h1-8H,(H,20,21)(H,22,23). The van der Waals surface area contributed by atoms with Gasteiger partial charge in [-0.15, -0.1) is 34.0 Å². The smallest absolute Gasteiger partial charge is 0.339 e. The van der Waals surface area contributed by atoms with Crippen molar-refractivity contribution < 1.29 is 14.7 Å². The number of amides is 1. The second kappa shape index (κ2) is 6.85. The molecular formula is C18H10ClNO3S3. The van der Waals surface area contributed by atoms with E-state index < -0.39 is 5.97 Å². The molecule has 0 saturated carbocycles. The summed E-state index contributed by atoms with van der Waals surface area (Å²) in [5, 5.41) is 16.6. The average molecular weight is 420 g/mol. The molecule has 0 unspecified atom stereocenters. The Bertz CT molecular complexity index is 1100. The molecule has 4 rings (SSSR count). The number of anilines is 1. The number of fused-ring (bicyclic) bond motifs is 1. The second-order valence-corrected chi connectivity index (χ2v) is 8.73. The van der Waals surface area contributed by atoms with Crippen LogP contribution in [0.2, 0.25) is 5.02 Å². The quantitative estimate of drug-likeness (QED) is 0.408. The number of halogens is 1. The number of carboxylic acids is 1. The highest BCUT2D eigenvalue weighted by Gasteiger charge is 2.22. The van der Waals surface area contributed by atoms with Gasteiger partial charge in [0, 0.05) is 19.8 Å². The van der Waals surface area contributed by atoms with Crippen LogP contribution in [0, 0.1) is 0 Å². The number of carboxylic acid groups (broad SMARTS) is 1. The Hall–Kier alpha value is -2.19. The lowest BCUT2D eigenvalue weighted by Gasteiger charge is -2.05. The molecule has 0 aliphatic rings. The molecule has 26 heavy (non-hydrogen) atoms. The van der Waals surface area contributed by atoms with Crippen molar-refractivity contribution in [2.75, 3.05) is 5.32 Å². The average Bonchev–Trinajstić information content (AvgIpc) is 3.29. The number of thiophene rings is 3. The highest BCUT2D eigenvalue weighted by atomic mass is 35.5. The van der Waals surface area contributed by atoms with Gasteiger partial charge in [-0.2, -0.15) is 0 Å². The van der Waals surface area contributed by atoms with Gasteiger partial charge in [-0.25, -0.2) is 4.79 Å². The molecule has 8 heteroatoms. The van der Waals surface area contributed by atoms with Crippen LogP contribution < -0.4 is 5.32 Å². The lowest BCUT2D eigenvalue weighted by atomic mass is 10.1. The van der Waals surface area contributed by atoms with Gasteiger partial charge in [-0.1, -0.05) is 23.7 Å². The first-order valence-electron chi connectivity index (χ1n) is 7.42. The molecule has 1 aromatic carbocycles. The molecule has 0 aliphatic heterocycles. The maximum atomic E-state index is 12.5. The SMILES string of the molecule is O=C(Nc1csc(-c2ccc(Cl)cc2)c1C(=O)O)c1cc2sccc2s1. The number of carbonyl (C=O) groups is 2. The van der Waals surface area contributed by atoms with E-state index in [2.05, 4.69) is 5.32 Å². The van der Waals surface area contributed by atoms with E-state index >= 15 is 0 Å². The molecule has 0 saturated heterocycles. The Kier molecular flexibility index (Phi) is 4.54. The summed E-state index contributed by atoms with van der Waals surface area (Å²) in [5.41, 5.74) is 1.13. The minimum Gasteiger partial charge on any atom is -0.478 e. The van der Waals surface area contributed by atoms with Gasteiger partial charge < -0.3 is 10.4 Å². The maximum absolute atomic E-state index is 12.5. The van der Waals surface area contributed by atoms with E-state index in [9.17, 15) is 14.7 Å². The van der Waals surface area contributed by atoms with Crippen LogP contribution in [0.15, 0.2) is 47.2 Å². The molecule has 3 aromatic heterocycles. The minimum absolute atomic E-state index is 0.0871. The lowest BCUT2D eigenvalue weighted by molar-refractivity contribution is 0.0699. The molecule has 4 aromatic rings. The Labute approximate surface area is 165 Å². The Morgan fingerprint density at radius 1 is 1.04 bits per heavy atom. The van der Waals surface area contributed by atoms with Crippen molar-refractivity contribution in [3.05, 3.63) is 62.6 Å². The van der Waals surface area contributed by atoms with Crippen LogP contribution in [-0.4, -0.2) is 17.0 Å². The topological polar surface area (TPSA) is 66.4 Å².